The molecule has 32 heavy (non-hydrogen) atoms. The Kier molecular flexibility index (Phi) is 5.93. The minimum atomic E-state index is -0.462. The highest BCUT2D eigenvalue weighted by molar-refractivity contribution is 5.98. The van der Waals surface area contributed by atoms with Crippen LogP contribution in [0, 0.1) is 0 Å². The molecule has 0 saturated heterocycles. The van der Waals surface area contributed by atoms with Crippen molar-refractivity contribution in [1.29, 1.82) is 0 Å². The number of imidazole rings is 1. The number of nitrogens with two attached hydrogens (primary N) is 1. The number of aromatic hydroxyl groups is 1. The summed E-state index contributed by atoms with van der Waals surface area (Å²) in [5.41, 5.74) is 10.7. The first-order valence-corrected chi connectivity index (χ1v) is 10.3. The highest BCUT2D eigenvalue weighted by atomic mass is 16.5. The maximum atomic E-state index is 11.7. The number of pyridine rings is 1. The van der Waals surface area contributed by atoms with E-state index in [-0.39, 0.29) is 12.2 Å². The van der Waals surface area contributed by atoms with Gasteiger partial charge in [0.25, 0.3) is 0 Å². The van der Waals surface area contributed by atoms with Gasteiger partial charge in [-0.05, 0) is 29.7 Å². The maximum Gasteiger partial charge on any atom is 0.221 e. The van der Waals surface area contributed by atoms with Crippen LogP contribution in [0.1, 0.15) is 23.6 Å². The number of phenolic OH excluding ortho intramolecular Hbond substituents is 1. The third-order valence-electron chi connectivity index (χ3n) is 5.41. The number of carbonyl (C=O) groups is 1. The zero-order valence-electron chi connectivity index (χ0n) is 18.0. The van der Waals surface area contributed by atoms with Crippen LogP contribution in [0.15, 0.2) is 55.2 Å². The Morgan fingerprint density at radius 2 is 2.12 bits per heavy atom. The SMILES string of the molecule is CCc1c(Cn2ccnc2)cccc1Nc1c(CC(N)=O)cnc2cc(OC)c(O)cc12. The van der Waals surface area contributed by atoms with Gasteiger partial charge < -0.3 is 25.5 Å². The minimum absolute atomic E-state index is 0.00866. The Morgan fingerprint density at radius 1 is 1.28 bits per heavy atom. The largest absolute Gasteiger partial charge is 0.504 e. The monoisotopic (exact) mass is 431 g/mol. The molecule has 8 heteroatoms. The fraction of sp³-hybridized carbons (Fsp3) is 0.208. The molecule has 4 N–H and O–H groups in total. The van der Waals surface area contributed by atoms with Crippen LogP contribution in [0.2, 0.25) is 0 Å². The zero-order valence-corrected chi connectivity index (χ0v) is 18.0. The standard InChI is InChI=1S/C24H25N5O3/c1-3-17-15(13-29-8-7-26-14-29)5-4-6-19(17)28-24-16(9-23(25)31)12-27-20-11-22(32-2)21(30)10-18(20)24/h4-8,10-12,14,30H,3,9,13H2,1-2H3,(H2,25,31)(H,27,28). The van der Waals surface area contributed by atoms with E-state index in [1.807, 2.05) is 22.9 Å². The number of aromatic nitrogens is 3. The van der Waals surface area contributed by atoms with Crippen molar-refractivity contribution in [3.8, 4) is 11.5 Å². The predicted octanol–water partition coefficient (Wildman–Crippen LogP) is 3.53. The third kappa shape index (κ3) is 4.20. The van der Waals surface area contributed by atoms with Crippen LogP contribution < -0.4 is 15.8 Å². The summed E-state index contributed by atoms with van der Waals surface area (Å²) in [6.07, 6.45) is 7.93. The number of rotatable bonds is 8. The maximum absolute atomic E-state index is 11.7. The van der Waals surface area contributed by atoms with Crippen LogP contribution in [0.4, 0.5) is 11.4 Å². The highest BCUT2D eigenvalue weighted by Crippen LogP contribution is 2.37. The van der Waals surface area contributed by atoms with Gasteiger partial charge in [-0.3, -0.25) is 9.78 Å². The predicted molar refractivity (Wildman–Crippen MR) is 123 cm³/mol. The van der Waals surface area contributed by atoms with Gasteiger partial charge in [-0.15, -0.1) is 0 Å². The van der Waals surface area contributed by atoms with Gasteiger partial charge in [0.2, 0.25) is 5.91 Å². The van der Waals surface area contributed by atoms with Gasteiger partial charge in [-0.25, -0.2) is 4.98 Å². The number of methoxy groups -OCH3 is 1. The molecule has 0 radical (unpaired) electrons. The molecule has 0 aliphatic rings. The summed E-state index contributed by atoms with van der Waals surface area (Å²) in [5, 5.41) is 14.6. The second-order valence-corrected chi connectivity index (χ2v) is 7.50. The first-order chi connectivity index (χ1) is 15.5. The van der Waals surface area contributed by atoms with Crippen molar-refractivity contribution in [2.75, 3.05) is 12.4 Å². The van der Waals surface area contributed by atoms with Crippen molar-refractivity contribution in [2.45, 2.75) is 26.3 Å². The van der Waals surface area contributed by atoms with Crippen LogP contribution in [-0.2, 0) is 24.2 Å². The number of hydrogen-bond acceptors (Lipinski definition) is 6. The van der Waals surface area contributed by atoms with Gasteiger partial charge in [-0.2, -0.15) is 0 Å². The number of primary amides is 1. The van der Waals surface area contributed by atoms with Gasteiger partial charge in [0, 0.05) is 47.8 Å². The van der Waals surface area contributed by atoms with Crippen LogP contribution in [-0.4, -0.2) is 32.7 Å². The smallest absolute Gasteiger partial charge is 0.221 e. The number of nitrogens with one attached hydrogen (secondary N) is 1. The molecule has 2 aromatic heterocycles. The topological polar surface area (TPSA) is 115 Å². The van der Waals surface area contributed by atoms with Crippen molar-refractivity contribution in [1.82, 2.24) is 14.5 Å². The Balaban J connectivity index is 1.84. The van der Waals surface area contributed by atoms with E-state index in [0.29, 0.717) is 34.4 Å². The van der Waals surface area contributed by atoms with E-state index in [1.54, 1.807) is 30.9 Å². The number of anilines is 2. The first-order valence-electron chi connectivity index (χ1n) is 10.3. The molecule has 0 atom stereocenters. The van der Waals surface area contributed by atoms with Gasteiger partial charge in [-0.1, -0.05) is 19.1 Å². The van der Waals surface area contributed by atoms with Crippen molar-refractivity contribution >= 4 is 28.2 Å². The van der Waals surface area contributed by atoms with Crippen molar-refractivity contribution in [3.63, 3.8) is 0 Å². The Bertz CT molecular complexity index is 1270. The highest BCUT2D eigenvalue weighted by Gasteiger charge is 2.16. The molecule has 0 spiro atoms. The normalized spacial score (nSPS) is 10.9. The Labute approximate surface area is 185 Å². The van der Waals surface area contributed by atoms with Crippen molar-refractivity contribution in [3.05, 3.63) is 71.9 Å². The lowest BCUT2D eigenvalue weighted by molar-refractivity contribution is -0.117. The number of ether oxygens (including phenoxy) is 1. The summed E-state index contributed by atoms with van der Waals surface area (Å²) in [6, 6.07) is 9.34. The first kappa shape index (κ1) is 21.2. The van der Waals surface area contributed by atoms with E-state index in [2.05, 4.69) is 28.3 Å². The fourth-order valence-corrected chi connectivity index (χ4v) is 3.91. The summed E-state index contributed by atoms with van der Waals surface area (Å²) in [5.74, 6) is -0.141. The molecular weight excluding hydrogens is 406 g/mol. The van der Waals surface area contributed by atoms with Crippen LogP contribution in [0.3, 0.4) is 0 Å². The van der Waals surface area contributed by atoms with Gasteiger partial charge >= 0.3 is 0 Å². The molecule has 0 aliphatic heterocycles. The lowest BCUT2D eigenvalue weighted by Crippen LogP contribution is -2.15. The summed E-state index contributed by atoms with van der Waals surface area (Å²) in [4.78, 5) is 20.3. The fourth-order valence-electron chi connectivity index (χ4n) is 3.91. The number of fused-ring (bicyclic) bond motifs is 1. The summed E-state index contributed by atoms with van der Waals surface area (Å²) >= 11 is 0. The second kappa shape index (κ2) is 8.97. The molecule has 2 aromatic carbocycles. The molecule has 4 rings (SSSR count). The number of carbonyl (C=O) groups excluding carboxylic acids is 1. The van der Waals surface area contributed by atoms with Crippen molar-refractivity contribution < 1.29 is 14.6 Å². The second-order valence-electron chi connectivity index (χ2n) is 7.50. The lowest BCUT2D eigenvalue weighted by Gasteiger charge is -2.19. The third-order valence-corrected chi connectivity index (χ3v) is 5.41. The number of nitrogens with zero attached hydrogens (tertiary/aromatic N) is 3. The van der Waals surface area contributed by atoms with E-state index in [0.717, 1.165) is 23.2 Å². The zero-order chi connectivity index (χ0) is 22.7. The van der Waals surface area contributed by atoms with Crippen molar-refractivity contribution in [2.24, 2.45) is 5.73 Å². The average Bonchev–Trinajstić information content (AvgIpc) is 3.28. The molecule has 8 nitrogen and oxygen atoms in total. The lowest BCUT2D eigenvalue weighted by atomic mass is 10.0. The quantitative estimate of drug-likeness (QED) is 0.393. The van der Waals surface area contributed by atoms with E-state index in [9.17, 15) is 9.90 Å². The van der Waals surface area contributed by atoms with E-state index in [4.69, 9.17) is 10.5 Å². The number of phenols is 1. The molecule has 0 unspecified atom stereocenters. The Morgan fingerprint density at radius 3 is 2.81 bits per heavy atom. The van der Waals surface area contributed by atoms with Gasteiger partial charge in [0.15, 0.2) is 11.5 Å². The summed E-state index contributed by atoms with van der Waals surface area (Å²) in [6.45, 7) is 2.80. The number of amides is 1. The van der Waals surface area contributed by atoms with E-state index >= 15 is 0 Å². The molecule has 4 aromatic rings. The number of benzene rings is 2. The Hall–Kier alpha value is -4.07. The molecule has 0 fully saturated rings. The number of hydrogen-bond donors (Lipinski definition) is 3. The van der Waals surface area contributed by atoms with E-state index < -0.39 is 5.91 Å². The van der Waals surface area contributed by atoms with Gasteiger partial charge in [0.1, 0.15) is 0 Å². The van der Waals surface area contributed by atoms with E-state index in [1.165, 1.54) is 7.11 Å². The average molecular weight is 431 g/mol. The molecule has 1 amide bonds. The molecule has 0 bridgehead atoms. The summed E-state index contributed by atoms with van der Waals surface area (Å²) in [7, 11) is 1.49. The molecule has 0 aliphatic carbocycles. The minimum Gasteiger partial charge on any atom is -0.504 e. The van der Waals surface area contributed by atoms with Crippen LogP contribution in [0.5, 0.6) is 11.5 Å². The molecular formula is C24H25N5O3. The molecule has 0 saturated carbocycles. The summed E-state index contributed by atoms with van der Waals surface area (Å²) < 4.78 is 7.23. The van der Waals surface area contributed by atoms with Crippen LogP contribution >= 0.6 is 0 Å². The molecule has 164 valence electrons. The van der Waals surface area contributed by atoms with Crippen LogP contribution in [0.25, 0.3) is 10.9 Å². The molecule has 2 heterocycles. The van der Waals surface area contributed by atoms with Gasteiger partial charge in [0.05, 0.1) is 31.1 Å².